The highest BCUT2D eigenvalue weighted by atomic mass is 16.3. The summed E-state index contributed by atoms with van der Waals surface area (Å²) in [4.78, 5) is 21.9. The van der Waals surface area contributed by atoms with Gasteiger partial charge >= 0.3 is 0 Å². The largest absolute Gasteiger partial charge is 0.452 e. The Kier molecular flexibility index (Phi) is 4.88. The minimum absolute atomic E-state index is 0.110. The Bertz CT molecular complexity index is 627. The van der Waals surface area contributed by atoms with Crippen molar-refractivity contribution in [2.24, 2.45) is 0 Å². The molecule has 1 heterocycles. The van der Waals surface area contributed by atoms with Gasteiger partial charge < -0.3 is 4.42 Å². The average Bonchev–Trinajstić information content (AvgIpc) is 2.88. The number of carbonyl (C=O) groups excluding carboxylic acids is 2. The summed E-state index contributed by atoms with van der Waals surface area (Å²) < 4.78 is 5.22. The number of para-hydroxylation sites is 1. The van der Waals surface area contributed by atoms with Crippen molar-refractivity contribution < 1.29 is 14.0 Å². The van der Waals surface area contributed by atoms with Crippen molar-refractivity contribution in [1.82, 2.24) is 0 Å². The molecule has 0 spiro atoms. The Labute approximate surface area is 118 Å². The molecule has 0 radical (unpaired) electrons. The smallest absolute Gasteiger partial charge is 0.186 e. The van der Waals surface area contributed by atoms with E-state index in [2.05, 4.69) is 12.2 Å². The molecule has 3 heteroatoms. The van der Waals surface area contributed by atoms with Gasteiger partial charge in [0.15, 0.2) is 17.8 Å². The van der Waals surface area contributed by atoms with E-state index in [1.54, 1.807) is 24.3 Å². The number of hydrogen-bond acceptors (Lipinski definition) is 3. The van der Waals surface area contributed by atoms with Gasteiger partial charge in [-0.25, -0.2) is 0 Å². The molecule has 0 N–H and O–H groups in total. The third-order valence-corrected chi connectivity index (χ3v) is 3.24. The van der Waals surface area contributed by atoms with Crippen LogP contribution in [0.15, 0.2) is 40.8 Å². The van der Waals surface area contributed by atoms with Crippen LogP contribution >= 0.6 is 0 Å². The number of allylic oxidation sites excluding steroid dienone is 2. The summed E-state index contributed by atoms with van der Waals surface area (Å²) in [5, 5.41) is 0.696. The number of rotatable bonds is 2. The second-order valence-electron chi connectivity index (χ2n) is 4.77. The zero-order chi connectivity index (χ0) is 14.4. The Morgan fingerprint density at radius 2 is 1.80 bits per heavy atom. The second-order valence-corrected chi connectivity index (χ2v) is 4.77. The highest BCUT2D eigenvalue weighted by Crippen LogP contribution is 2.24. The third kappa shape index (κ3) is 3.23. The molecule has 104 valence electrons. The van der Waals surface area contributed by atoms with Crippen LogP contribution in [-0.2, 0) is 0 Å². The van der Waals surface area contributed by atoms with E-state index < -0.39 is 0 Å². The first-order chi connectivity index (χ1) is 9.74. The van der Waals surface area contributed by atoms with Gasteiger partial charge in [0.1, 0.15) is 5.58 Å². The van der Waals surface area contributed by atoms with Crippen LogP contribution < -0.4 is 0 Å². The first kappa shape index (κ1) is 14.3. The number of hydrogen-bond donors (Lipinski definition) is 0. The van der Waals surface area contributed by atoms with Gasteiger partial charge in [0.2, 0.25) is 0 Å². The number of ketones is 1. The summed E-state index contributed by atoms with van der Waals surface area (Å²) in [5.74, 6) is -0.0456. The lowest BCUT2D eigenvalue weighted by Crippen LogP contribution is -1.94. The molecule has 0 amide bonds. The minimum atomic E-state index is -0.156. The van der Waals surface area contributed by atoms with Crippen molar-refractivity contribution in [1.29, 1.82) is 0 Å². The van der Waals surface area contributed by atoms with E-state index in [1.807, 2.05) is 0 Å². The normalized spacial score (nSPS) is 13.7. The number of benzene rings is 1. The topological polar surface area (TPSA) is 47.3 Å². The first-order valence-corrected chi connectivity index (χ1v) is 6.86. The highest BCUT2D eigenvalue weighted by molar-refractivity contribution is 6.11. The first-order valence-electron chi connectivity index (χ1n) is 6.86. The number of fused-ring (bicyclic) bond motifs is 1. The third-order valence-electron chi connectivity index (χ3n) is 3.24. The standard InChI is InChI=1S/C11H8O3.C6H10/c1-7(13)11-8-4-2-3-5-9(8)14-10(11)6-12;1-2-4-6-5-3-1/h2-6H,1H3;1-2H,3-6H2. The van der Waals surface area contributed by atoms with Crippen LogP contribution in [0, 0.1) is 0 Å². The maximum Gasteiger partial charge on any atom is 0.186 e. The molecule has 0 unspecified atom stereocenters. The second kappa shape index (κ2) is 6.85. The summed E-state index contributed by atoms with van der Waals surface area (Å²) >= 11 is 0. The molecule has 3 nitrogen and oxygen atoms in total. The summed E-state index contributed by atoms with van der Waals surface area (Å²) in [5.41, 5.74) is 0.940. The van der Waals surface area contributed by atoms with Gasteiger partial charge in [0, 0.05) is 5.39 Å². The maximum absolute atomic E-state index is 11.3. The monoisotopic (exact) mass is 270 g/mol. The van der Waals surface area contributed by atoms with Crippen molar-refractivity contribution in [2.45, 2.75) is 32.6 Å². The molecule has 0 aliphatic heterocycles. The van der Waals surface area contributed by atoms with Crippen molar-refractivity contribution >= 4 is 23.0 Å². The van der Waals surface area contributed by atoms with Gasteiger partial charge in [-0.15, -0.1) is 0 Å². The van der Waals surface area contributed by atoms with Crippen LogP contribution in [0.5, 0.6) is 0 Å². The molecule has 0 saturated carbocycles. The molecule has 1 aromatic carbocycles. The van der Waals surface area contributed by atoms with E-state index in [1.165, 1.54) is 32.6 Å². The van der Waals surface area contributed by atoms with Gasteiger partial charge in [-0.05, 0) is 38.7 Å². The van der Waals surface area contributed by atoms with E-state index in [0.29, 0.717) is 22.8 Å². The van der Waals surface area contributed by atoms with Crippen LogP contribution in [0.4, 0.5) is 0 Å². The van der Waals surface area contributed by atoms with Crippen LogP contribution in [0.25, 0.3) is 11.0 Å². The molecule has 1 aliphatic rings. The summed E-state index contributed by atoms with van der Waals surface area (Å²) in [6.07, 6.45) is 10.6. The summed E-state index contributed by atoms with van der Waals surface area (Å²) in [6, 6.07) is 7.10. The average molecular weight is 270 g/mol. The Balaban J connectivity index is 0.000000205. The van der Waals surface area contributed by atoms with Crippen molar-refractivity contribution in [3.63, 3.8) is 0 Å². The van der Waals surface area contributed by atoms with E-state index in [4.69, 9.17) is 4.42 Å². The Hall–Kier alpha value is -2.16. The molecule has 0 bridgehead atoms. The van der Waals surface area contributed by atoms with Crippen molar-refractivity contribution in [3.8, 4) is 0 Å². The fourth-order valence-electron chi connectivity index (χ4n) is 2.27. The fourth-order valence-corrected chi connectivity index (χ4v) is 2.27. The molecule has 0 fully saturated rings. The quantitative estimate of drug-likeness (QED) is 0.456. The summed E-state index contributed by atoms with van der Waals surface area (Å²) in [7, 11) is 0. The molecule has 1 aliphatic carbocycles. The van der Waals surface area contributed by atoms with E-state index in [0.717, 1.165) is 0 Å². The molecule has 0 saturated heterocycles. The van der Waals surface area contributed by atoms with Gasteiger partial charge in [-0.1, -0.05) is 30.4 Å². The number of carbonyl (C=O) groups is 2. The predicted octanol–water partition coefficient (Wildman–Crippen LogP) is 4.56. The Morgan fingerprint density at radius 1 is 1.15 bits per heavy atom. The van der Waals surface area contributed by atoms with Crippen molar-refractivity contribution in [2.75, 3.05) is 0 Å². The molecule has 1 aromatic heterocycles. The van der Waals surface area contributed by atoms with E-state index in [-0.39, 0.29) is 11.5 Å². The lowest BCUT2D eigenvalue weighted by molar-refractivity contribution is 0.100. The molecular weight excluding hydrogens is 252 g/mol. The molecular formula is C17H18O3. The molecule has 0 atom stereocenters. The van der Waals surface area contributed by atoms with Crippen LogP contribution in [0.3, 0.4) is 0 Å². The SMILES string of the molecule is C1=CCCCC1.CC(=O)c1c(C=O)oc2ccccc12. The Morgan fingerprint density at radius 3 is 2.30 bits per heavy atom. The lowest BCUT2D eigenvalue weighted by Gasteiger charge is -1.97. The van der Waals surface area contributed by atoms with Gasteiger partial charge in [-0.3, -0.25) is 9.59 Å². The van der Waals surface area contributed by atoms with Gasteiger partial charge in [0.25, 0.3) is 0 Å². The lowest BCUT2D eigenvalue weighted by atomic mass is 10.1. The zero-order valence-electron chi connectivity index (χ0n) is 11.6. The minimum Gasteiger partial charge on any atom is -0.452 e. The van der Waals surface area contributed by atoms with Crippen molar-refractivity contribution in [3.05, 3.63) is 47.7 Å². The van der Waals surface area contributed by atoms with E-state index >= 15 is 0 Å². The molecule has 2 aromatic rings. The number of aldehydes is 1. The highest BCUT2D eigenvalue weighted by Gasteiger charge is 2.16. The molecule has 20 heavy (non-hydrogen) atoms. The van der Waals surface area contributed by atoms with Crippen LogP contribution in [-0.4, -0.2) is 12.1 Å². The number of Topliss-reactive ketones (excluding diaryl/α,β-unsaturated/α-hetero) is 1. The fraction of sp³-hybridized carbons (Fsp3) is 0.294. The predicted molar refractivity (Wildman–Crippen MR) is 79.2 cm³/mol. The number of furan rings is 1. The molecule has 3 rings (SSSR count). The van der Waals surface area contributed by atoms with Gasteiger partial charge in [0.05, 0.1) is 5.56 Å². The van der Waals surface area contributed by atoms with E-state index in [9.17, 15) is 9.59 Å². The maximum atomic E-state index is 11.3. The van der Waals surface area contributed by atoms with Crippen LogP contribution in [0.2, 0.25) is 0 Å². The zero-order valence-corrected chi connectivity index (χ0v) is 11.6. The summed E-state index contributed by atoms with van der Waals surface area (Å²) in [6.45, 7) is 1.42. The van der Waals surface area contributed by atoms with Crippen LogP contribution in [0.1, 0.15) is 53.5 Å². The van der Waals surface area contributed by atoms with Gasteiger partial charge in [-0.2, -0.15) is 0 Å².